The number of benzene rings is 1. The highest BCUT2D eigenvalue weighted by molar-refractivity contribution is 9.10. The predicted molar refractivity (Wildman–Crippen MR) is 109 cm³/mol. The summed E-state index contributed by atoms with van der Waals surface area (Å²) in [5, 5.41) is 8.27. The second-order valence-electron chi connectivity index (χ2n) is 6.39. The van der Waals surface area contributed by atoms with Crippen molar-refractivity contribution in [3.63, 3.8) is 0 Å². The average Bonchev–Trinajstić information content (AvgIpc) is 3.05. The Morgan fingerprint density at radius 2 is 2.04 bits per heavy atom. The summed E-state index contributed by atoms with van der Waals surface area (Å²) in [6.45, 7) is 4.36. The monoisotopic (exact) mass is 434 g/mol. The number of thioether (sulfide) groups is 1. The summed E-state index contributed by atoms with van der Waals surface area (Å²) in [5.74, 6) is 1.19. The van der Waals surface area contributed by atoms with Crippen LogP contribution in [0.25, 0.3) is 11.4 Å². The summed E-state index contributed by atoms with van der Waals surface area (Å²) in [5.41, 5.74) is 0.987. The van der Waals surface area contributed by atoms with Crippen molar-refractivity contribution in [1.29, 1.82) is 0 Å². The quantitative estimate of drug-likeness (QED) is 0.516. The van der Waals surface area contributed by atoms with Gasteiger partial charge in [0.2, 0.25) is 11.1 Å². The first-order valence-electron chi connectivity index (χ1n) is 8.89. The lowest BCUT2D eigenvalue weighted by molar-refractivity contribution is -0.119. The number of hydrogen-bond acceptors (Lipinski definition) is 4. The largest absolute Gasteiger partial charge is 0.353 e. The van der Waals surface area contributed by atoms with Crippen LogP contribution in [0.1, 0.15) is 32.1 Å². The minimum atomic E-state index is 0.0622. The lowest BCUT2D eigenvalue weighted by atomic mass is 9.95. The molecular weight excluding hydrogens is 412 g/mol. The molecule has 1 heterocycles. The van der Waals surface area contributed by atoms with Gasteiger partial charge in [-0.1, -0.05) is 65.2 Å². The Balaban J connectivity index is 1.64. The standard InChI is InChI=1S/C19H23BrN4OS/c1-2-12-24-18(14-8-10-15(20)11-9-14)22-19(23-24)26-13-17(25)21-16-6-4-3-5-7-16/h2,8-11,16H,1,3-7,12-13H2,(H,21,25). The second kappa shape index (κ2) is 9.37. The van der Waals surface area contributed by atoms with Gasteiger partial charge in [-0.15, -0.1) is 11.7 Å². The Kier molecular flexibility index (Phi) is 6.91. The van der Waals surface area contributed by atoms with Gasteiger partial charge in [0.1, 0.15) is 0 Å². The summed E-state index contributed by atoms with van der Waals surface area (Å²) in [7, 11) is 0. The van der Waals surface area contributed by atoms with Crippen LogP contribution in [-0.4, -0.2) is 32.5 Å². The van der Waals surface area contributed by atoms with Crippen molar-refractivity contribution in [1.82, 2.24) is 20.1 Å². The number of rotatable bonds is 7. The molecule has 0 bridgehead atoms. The predicted octanol–water partition coefficient (Wildman–Crippen LogP) is 4.43. The van der Waals surface area contributed by atoms with Gasteiger partial charge in [0.05, 0.1) is 12.3 Å². The van der Waals surface area contributed by atoms with Crippen LogP contribution in [0.4, 0.5) is 0 Å². The fourth-order valence-corrected chi connectivity index (χ4v) is 4.01. The molecule has 0 spiro atoms. The maximum atomic E-state index is 12.2. The minimum Gasteiger partial charge on any atom is -0.353 e. The van der Waals surface area contributed by atoms with E-state index < -0.39 is 0 Å². The van der Waals surface area contributed by atoms with E-state index in [1.807, 2.05) is 28.9 Å². The van der Waals surface area contributed by atoms with E-state index >= 15 is 0 Å². The maximum Gasteiger partial charge on any atom is 0.230 e. The summed E-state index contributed by atoms with van der Waals surface area (Å²) in [6, 6.07) is 8.29. The van der Waals surface area contributed by atoms with Crippen LogP contribution in [-0.2, 0) is 11.3 Å². The van der Waals surface area contributed by atoms with Gasteiger partial charge in [-0.3, -0.25) is 4.79 Å². The number of hydrogen-bond donors (Lipinski definition) is 1. The Labute approximate surface area is 166 Å². The van der Waals surface area contributed by atoms with E-state index in [0.717, 1.165) is 28.7 Å². The molecule has 5 nitrogen and oxygen atoms in total. The van der Waals surface area contributed by atoms with Gasteiger partial charge in [-0.25, -0.2) is 9.67 Å². The molecule has 1 aromatic carbocycles. The zero-order valence-electron chi connectivity index (χ0n) is 14.7. The smallest absolute Gasteiger partial charge is 0.230 e. The number of carbonyl (C=O) groups is 1. The molecule has 7 heteroatoms. The van der Waals surface area contributed by atoms with Crippen molar-refractivity contribution in [2.45, 2.75) is 49.8 Å². The molecule has 1 fully saturated rings. The number of allylic oxidation sites excluding steroid dienone is 1. The van der Waals surface area contributed by atoms with Gasteiger partial charge in [-0.2, -0.15) is 0 Å². The zero-order valence-corrected chi connectivity index (χ0v) is 17.1. The molecule has 0 atom stereocenters. The van der Waals surface area contributed by atoms with Crippen molar-refractivity contribution in [3.8, 4) is 11.4 Å². The molecule has 0 radical (unpaired) electrons. The summed E-state index contributed by atoms with van der Waals surface area (Å²) in [6.07, 6.45) is 7.68. The SMILES string of the molecule is C=CCn1nc(SCC(=O)NC2CCCCC2)nc1-c1ccc(Br)cc1. The van der Waals surface area contributed by atoms with Crippen LogP contribution in [0.3, 0.4) is 0 Å². The molecule has 1 aliphatic carbocycles. The molecule has 1 aliphatic rings. The molecule has 1 aromatic heterocycles. The number of halogens is 1. The van der Waals surface area contributed by atoms with Crippen molar-refractivity contribution >= 4 is 33.6 Å². The van der Waals surface area contributed by atoms with Crippen LogP contribution in [0, 0.1) is 0 Å². The number of carbonyl (C=O) groups excluding carboxylic acids is 1. The van der Waals surface area contributed by atoms with Crippen molar-refractivity contribution in [2.24, 2.45) is 0 Å². The third kappa shape index (κ3) is 5.20. The van der Waals surface area contributed by atoms with E-state index in [1.54, 1.807) is 6.08 Å². The first kappa shape index (κ1) is 19.2. The number of amides is 1. The van der Waals surface area contributed by atoms with Gasteiger partial charge < -0.3 is 5.32 Å². The lowest BCUT2D eigenvalue weighted by Gasteiger charge is -2.22. The van der Waals surface area contributed by atoms with Crippen molar-refractivity contribution in [2.75, 3.05) is 5.75 Å². The number of nitrogens with zero attached hydrogens (tertiary/aromatic N) is 3. The van der Waals surface area contributed by atoms with E-state index in [2.05, 4.69) is 37.9 Å². The van der Waals surface area contributed by atoms with Gasteiger partial charge in [0.25, 0.3) is 0 Å². The Bertz CT molecular complexity index is 753. The van der Waals surface area contributed by atoms with Gasteiger partial charge in [-0.05, 0) is 25.0 Å². The molecule has 2 aromatic rings. The van der Waals surface area contributed by atoms with Crippen molar-refractivity contribution < 1.29 is 4.79 Å². The molecule has 0 saturated heterocycles. The highest BCUT2D eigenvalue weighted by atomic mass is 79.9. The lowest BCUT2D eigenvalue weighted by Crippen LogP contribution is -2.37. The Morgan fingerprint density at radius 1 is 1.31 bits per heavy atom. The van der Waals surface area contributed by atoms with Gasteiger partial charge in [0.15, 0.2) is 5.82 Å². The van der Waals surface area contributed by atoms with Crippen LogP contribution >= 0.6 is 27.7 Å². The molecule has 3 rings (SSSR count). The normalized spacial score (nSPS) is 15.0. The van der Waals surface area contributed by atoms with Crippen molar-refractivity contribution in [3.05, 3.63) is 41.4 Å². The van der Waals surface area contributed by atoms with Crippen LogP contribution in [0.5, 0.6) is 0 Å². The molecule has 1 amide bonds. The van der Waals surface area contributed by atoms with Gasteiger partial charge in [0, 0.05) is 16.1 Å². The highest BCUT2D eigenvalue weighted by Crippen LogP contribution is 2.24. The Hall–Kier alpha value is -1.60. The maximum absolute atomic E-state index is 12.2. The van der Waals surface area contributed by atoms with E-state index in [9.17, 15) is 4.79 Å². The van der Waals surface area contributed by atoms with Crippen LogP contribution in [0.2, 0.25) is 0 Å². The highest BCUT2D eigenvalue weighted by Gasteiger charge is 2.17. The molecule has 138 valence electrons. The number of nitrogens with one attached hydrogen (secondary N) is 1. The summed E-state index contributed by atoms with van der Waals surface area (Å²) < 4.78 is 2.84. The molecule has 0 unspecified atom stereocenters. The molecule has 1 saturated carbocycles. The van der Waals surface area contributed by atoms with E-state index in [4.69, 9.17) is 0 Å². The van der Waals surface area contributed by atoms with E-state index in [-0.39, 0.29) is 5.91 Å². The average molecular weight is 435 g/mol. The third-order valence-corrected chi connectivity index (χ3v) is 5.73. The molecule has 26 heavy (non-hydrogen) atoms. The number of aromatic nitrogens is 3. The Morgan fingerprint density at radius 3 is 2.73 bits per heavy atom. The molecule has 1 N–H and O–H groups in total. The minimum absolute atomic E-state index is 0.0622. The van der Waals surface area contributed by atoms with Crippen LogP contribution < -0.4 is 5.32 Å². The zero-order chi connectivity index (χ0) is 18.4. The fraction of sp³-hybridized carbons (Fsp3) is 0.421. The van der Waals surface area contributed by atoms with E-state index in [0.29, 0.717) is 23.5 Å². The topological polar surface area (TPSA) is 59.8 Å². The van der Waals surface area contributed by atoms with Gasteiger partial charge >= 0.3 is 0 Å². The summed E-state index contributed by atoms with van der Waals surface area (Å²) >= 11 is 4.82. The summed E-state index contributed by atoms with van der Waals surface area (Å²) in [4.78, 5) is 16.8. The van der Waals surface area contributed by atoms with E-state index in [1.165, 1.54) is 31.0 Å². The van der Waals surface area contributed by atoms with Crippen LogP contribution in [0.15, 0.2) is 46.5 Å². The third-order valence-electron chi connectivity index (χ3n) is 4.36. The fourth-order valence-electron chi connectivity index (χ4n) is 3.09. The first-order chi connectivity index (χ1) is 12.7. The molecule has 0 aliphatic heterocycles. The first-order valence-corrected chi connectivity index (χ1v) is 10.7. The molecular formula is C19H23BrN4OS. The second-order valence-corrected chi connectivity index (χ2v) is 8.24.